The quantitative estimate of drug-likeness (QED) is 0.806. The van der Waals surface area contributed by atoms with Gasteiger partial charge in [0.15, 0.2) is 0 Å². The first-order valence-electron chi connectivity index (χ1n) is 6.65. The molecule has 0 spiro atoms. The van der Waals surface area contributed by atoms with Gasteiger partial charge in [-0.05, 0) is 25.0 Å². The molecule has 1 unspecified atom stereocenters. The summed E-state index contributed by atoms with van der Waals surface area (Å²) in [5.74, 6) is 0.126. The molecule has 1 rings (SSSR count). The second-order valence-electron chi connectivity index (χ2n) is 4.81. The largest absolute Gasteiger partial charge is 0.391 e. The Bertz CT molecular complexity index is 478. The van der Waals surface area contributed by atoms with Crippen LogP contribution < -0.4 is 4.72 Å². The van der Waals surface area contributed by atoms with Crippen LogP contribution in [0.5, 0.6) is 0 Å². The summed E-state index contributed by atoms with van der Waals surface area (Å²) in [5, 5.41) is 9.94. The molecule has 1 aromatic rings. The average molecular weight is 285 g/mol. The highest BCUT2D eigenvalue weighted by atomic mass is 32.2. The van der Waals surface area contributed by atoms with Gasteiger partial charge in [0.25, 0.3) is 0 Å². The Labute approximate surface area is 115 Å². The summed E-state index contributed by atoms with van der Waals surface area (Å²) in [6, 6.07) is 6.65. The fraction of sp³-hybridized carbons (Fsp3) is 0.571. The van der Waals surface area contributed by atoms with E-state index in [1.165, 1.54) is 0 Å². The molecular formula is C14H23NO3S. The number of aliphatic hydroxyl groups excluding tert-OH is 1. The van der Waals surface area contributed by atoms with E-state index in [0.717, 1.165) is 18.4 Å². The Morgan fingerprint density at radius 2 is 1.68 bits per heavy atom. The van der Waals surface area contributed by atoms with Gasteiger partial charge in [0.05, 0.1) is 11.0 Å². The van der Waals surface area contributed by atoms with Crippen molar-refractivity contribution in [3.05, 3.63) is 29.8 Å². The van der Waals surface area contributed by atoms with Crippen LogP contribution in [0.1, 0.15) is 32.3 Å². The van der Waals surface area contributed by atoms with E-state index in [0.29, 0.717) is 0 Å². The van der Waals surface area contributed by atoms with Gasteiger partial charge in [0, 0.05) is 6.54 Å². The first-order valence-corrected chi connectivity index (χ1v) is 8.13. The molecule has 19 heavy (non-hydrogen) atoms. The van der Waals surface area contributed by atoms with Crippen molar-refractivity contribution < 1.29 is 13.5 Å². The molecule has 1 aromatic carbocycles. The molecule has 1 atom stereocenters. The second-order valence-corrected chi connectivity index (χ2v) is 6.58. The van der Waals surface area contributed by atoms with Crippen molar-refractivity contribution >= 4 is 10.0 Å². The summed E-state index contributed by atoms with van der Waals surface area (Å²) in [6.07, 6.45) is 1.03. The summed E-state index contributed by atoms with van der Waals surface area (Å²) >= 11 is 0. The van der Waals surface area contributed by atoms with Gasteiger partial charge in [0.1, 0.15) is 0 Å². The SMILES string of the molecule is CCC(CC)C(O)CNS(=O)(=O)c1ccc(C)cc1. The molecule has 0 aliphatic heterocycles. The van der Waals surface area contributed by atoms with Gasteiger partial charge < -0.3 is 5.11 Å². The van der Waals surface area contributed by atoms with Crippen LogP contribution in [0.3, 0.4) is 0 Å². The van der Waals surface area contributed by atoms with Crippen LogP contribution in [-0.2, 0) is 10.0 Å². The minimum Gasteiger partial charge on any atom is -0.391 e. The maximum absolute atomic E-state index is 12.0. The molecule has 0 aliphatic rings. The van der Waals surface area contributed by atoms with Gasteiger partial charge in [-0.15, -0.1) is 0 Å². The van der Waals surface area contributed by atoms with E-state index >= 15 is 0 Å². The van der Waals surface area contributed by atoms with Gasteiger partial charge in [-0.1, -0.05) is 44.4 Å². The highest BCUT2D eigenvalue weighted by molar-refractivity contribution is 7.89. The summed E-state index contributed by atoms with van der Waals surface area (Å²) in [4.78, 5) is 0.231. The molecule has 0 bridgehead atoms. The van der Waals surface area contributed by atoms with E-state index in [9.17, 15) is 13.5 Å². The van der Waals surface area contributed by atoms with Crippen LogP contribution >= 0.6 is 0 Å². The number of benzene rings is 1. The van der Waals surface area contributed by atoms with Crippen molar-refractivity contribution in [2.24, 2.45) is 5.92 Å². The van der Waals surface area contributed by atoms with Gasteiger partial charge >= 0.3 is 0 Å². The lowest BCUT2D eigenvalue weighted by molar-refractivity contribution is 0.107. The maximum Gasteiger partial charge on any atom is 0.240 e. The van der Waals surface area contributed by atoms with Crippen molar-refractivity contribution in [1.29, 1.82) is 0 Å². The fourth-order valence-electron chi connectivity index (χ4n) is 2.00. The van der Waals surface area contributed by atoms with E-state index in [1.54, 1.807) is 24.3 Å². The molecule has 0 radical (unpaired) electrons. The number of aliphatic hydroxyl groups is 1. The van der Waals surface area contributed by atoms with E-state index in [1.807, 2.05) is 20.8 Å². The highest BCUT2D eigenvalue weighted by Gasteiger charge is 2.19. The lowest BCUT2D eigenvalue weighted by atomic mass is 9.97. The Morgan fingerprint density at radius 3 is 2.16 bits per heavy atom. The van der Waals surface area contributed by atoms with E-state index in [4.69, 9.17) is 0 Å². The van der Waals surface area contributed by atoms with Crippen LogP contribution in [-0.4, -0.2) is 26.2 Å². The summed E-state index contributed by atoms with van der Waals surface area (Å²) in [5.41, 5.74) is 1.01. The van der Waals surface area contributed by atoms with Gasteiger partial charge in [0.2, 0.25) is 10.0 Å². The van der Waals surface area contributed by atoms with Gasteiger partial charge in [-0.2, -0.15) is 0 Å². The molecule has 0 saturated carbocycles. The molecule has 0 heterocycles. The van der Waals surface area contributed by atoms with E-state index in [-0.39, 0.29) is 17.4 Å². The zero-order valence-corrected chi connectivity index (χ0v) is 12.6. The number of hydrogen-bond acceptors (Lipinski definition) is 3. The third-order valence-corrected chi connectivity index (χ3v) is 4.85. The molecule has 0 saturated heterocycles. The molecule has 2 N–H and O–H groups in total. The molecule has 0 amide bonds. The zero-order chi connectivity index (χ0) is 14.5. The summed E-state index contributed by atoms with van der Waals surface area (Å²) < 4.78 is 26.5. The first kappa shape index (κ1) is 16.1. The number of rotatable bonds is 7. The highest BCUT2D eigenvalue weighted by Crippen LogP contribution is 2.14. The third kappa shape index (κ3) is 4.60. The lowest BCUT2D eigenvalue weighted by Crippen LogP contribution is -2.36. The first-order chi connectivity index (χ1) is 8.90. The molecule has 0 aromatic heterocycles. The minimum absolute atomic E-state index is 0.0581. The normalized spacial score (nSPS) is 13.7. The zero-order valence-electron chi connectivity index (χ0n) is 11.8. The summed E-state index contributed by atoms with van der Waals surface area (Å²) in [7, 11) is -3.53. The number of hydrogen-bond donors (Lipinski definition) is 2. The monoisotopic (exact) mass is 285 g/mol. The Morgan fingerprint density at radius 1 is 1.16 bits per heavy atom. The predicted octanol–water partition coefficient (Wildman–Crippen LogP) is 2.07. The minimum atomic E-state index is -3.53. The van der Waals surface area contributed by atoms with E-state index in [2.05, 4.69) is 4.72 Å². The van der Waals surface area contributed by atoms with Gasteiger partial charge in [-0.3, -0.25) is 0 Å². The van der Waals surface area contributed by atoms with Crippen LogP contribution in [0.4, 0.5) is 0 Å². The third-order valence-electron chi connectivity index (χ3n) is 3.41. The Kier molecular flexibility index (Phi) is 5.97. The number of nitrogens with one attached hydrogen (secondary N) is 1. The van der Waals surface area contributed by atoms with Crippen molar-refractivity contribution in [3.8, 4) is 0 Å². The molecule has 0 aliphatic carbocycles. The average Bonchev–Trinajstić information content (AvgIpc) is 2.38. The topological polar surface area (TPSA) is 66.4 Å². The van der Waals surface area contributed by atoms with E-state index < -0.39 is 16.1 Å². The predicted molar refractivity (Wildman–Crippen MR) is 76.4 cm³/mol. The van der Waals surface area contributed by atoms with Crippen LogP contribution in [0.15, 0.2) is 29.2 Å². The molecule has 108 valence electrons. The smallest absolute Gasteiger partial charge is 0.240 e. The van der Waals surface area contributed by atoms with Crippen LogP contribution in [0.2, 0.25) is 0 Å². The molecule has 4 nitrogen and oxygen atoms in total. The number of aryl methyl sites for hydroxylation is 1. The number of sulfonamides is 1. The fourth-order valence-corrected chi connectivity index (χ4v) is 3.05. The molecular weight excluding hydrogens is 262 g/mol. The lowest BCUT2D eigenvalue weighted by Gasteiger charge is -2.20. The standard InChI is InChI=1S/C14H23NO3S/c1-4-12(5-2)14(16)10-15-19(17,18)13-8-6-11(3)7-9-13/h6-9,12,14-16H,4-5,10H2,1-3H3. The Balaban J connectivity index is 2.68. The van der Waals surface area contributed by atoms with Crippen molar-refractivity contribution in [1.82, 2.24) is 4.72 Å². The maximum atomic E-state index is 12.0. The van der Waals surface area contributed by atoms with Crippen molar-refractivity contribution in [2.45, 2.75) is 44.6 Å². The van der Waals surface area contributed by atoms with Gasteiger partial charge in [-0.25, -0.2) is 13.1 Å². The molecule has 0 fully saturated rings. The van der Waals surface area contributed by atoms with Crippen molar-refractivity contribution in [2.75, 3.05) is 6.54 Å². The Hall–Kier alpha value is -0.910. The van der Waals surface area contributed by atoms with Crippen LogP contribution in [0, 0.1) is 12.8 Å². The second kappa shape index (κ2) is 7.03. The molecule has 5 heteroatoms. The van der Waals surface area contributed by atoms with Crippen LogP contribution in [0.25, 0.3) is 0 Å². The summed E-state index contributed by atoms with van der Waals surface area (Å²) in [6.45, 7) is 5.95. The van der Waals surface area contributed by atoms with Crippen molar-refractivity contribution in [3.63, 3.8) is 0 Å².